The Hall–Kier alpha value is -0.670. The van der Waals surface area contributed by atoms with E-state index in [2.05, 4.69) is 17.9 Å². The third kappa shape index (κ3) is 10.7. The van der Waals surface area contributed by atoms with Crippen LogP contribution in [0.4, 0.5) is 0 Å². The Morgan fingerprint density at radius 2 is 1.57 bits per heavy atom. The molecule has 0 spiro atoms. The molecule has 0 aromatic rings. The lowest BCUT2D eigenvalue weighted by Gasteiger charge is -2.20. The first-order valence-corrected chi connectivity index (χ1v) is 8.22. The lowest BCUT2D eigenvalue weighted by atomic mass is 10.4. The van der Waals surface area contributed by atoms with Crippen LogP contribution in [0.25, 0.3) is 0 Å². The van der Waals surface area contributed by atoms with Gasteiger partial charge < -0.3 is 14.2 Å². The van der Waals surface area contributed by atoms with E-state index < -0.39 is 0 Å². The molecule has 0 amide bonds. The highest BCUT2D eigenvalue weighted by atomic mass is 16.5. The van der Waals surface area contributed by atoms with Gasteiger partial charge in [0.05, 0.1) is 39.1 Å². The zero-order valence-electron chi connectivity index (χ0n) is 13.4. The van der Waals surface area contributed by atoms with Crippen LogP contribution in [0.3, 0.4) is 0 Å². The average molecular weight is 298 g/mol. The van der Waals surface area contributed by atoms with E-state index in [0.29, 0.717) is 38.9 Å². The monoisotopic (exact) mass is 298 g/mol. The maximum atomic E-state index is 8.64. The zero-order valence-corrected chi connectivity index (χ0v) is 13.4. The van der Waals surface area contributed by atoms with E-state index in [1.54, 1.807) is 0 Å². The normalized spacial score (nSPS) is 14.5. The molecule has 122 valence electrons. The molecule has 1 aliphatic carbocycles. The van der Waals surface area contributed by atoms with Crippen LogP contribution in [-0.2, 0) is 14.2 Å². The average Bonchev–Trinajstić information content (AvgIpc) is 3.32. The first kappa shape index (κ1) is 18.4. The largest absolute Gasteiger partial charge is 0.379 e. The fraction of sp³-hybridized carbons (Fsp3) is 0.938. The van der Waals surface area contributed by atoms with Crippen LogP contribution in [-0.4, -0.2) is 63.7 Å². The molecule has 0 aromatic heterocycles. The molecule has 0 radical (unpaired) electrons. The van der Waals surface area contributed by atoms with Gasteiger partial charge in [-0.05, 0) is 19.3 Å². The summed E-state index contributed by atoms with van der Waals surface area (Å²) in [6, 6.07) is 2.90. The Labute approximate surface area is 129 Å². The number of rotatable bonds is 15. The zero-order chi connectivity index (χ0) is 15.2. The van der Waals surface area contributed by atoms with Crippen LogP contribution in [0.2, 0.25) is 0 Å². The summed E-state index contributed by atoms with van der Waals surface area (Å²) in [5.41, 5.74) is 0. The molecular weight excluding hydrogens is 268 g/mol. The maximum Gasteiger partial charge on any atom is 0.0701 e. The molecule has 1 rings (SSSR count). The number of ether oxygens (including phenoxy) is 3. The smallest absolute Gasteiger partial charge is 0.0701 e. The van der Waals surface area contributed by atoms with Gasteiger partial charge >= 0.3 is 0 Å². The summed E-state index contributed by atoms with van der Waals surface area (Å²) in [5, 5.41) is 8.64. The number of hydrogen-bond acceptors (Lipinski definition) is 5. The van der Waals surface area contributed by atoms with E-state index in [1.165, 1.54) is 19.3 Å². The van der Waals surface area contributed by atoms with Crippen LogP contribution in [0.5, 0.6) is 0 Å². The van der Waals surface area contributed by atoms with Crippen molar-refractivity contribution in [3.05, 3.63) is 0 Å². The van der Waals surface area contributed by atoms with Crippen LogP contribution < -0.4 is 0 Å². The van der Waals surface area contributed by atoms with Gasteiger partial charge in [0.15, 0.2) is 0 Å². The van der Waals surface area contributed by atoms with Crippen molar-refractivity contribution in [1.29, 1.82) is 5.26 Å². The molecule has 1 aliphatic rings. The van der Waals surface area contributed by atoms with Crippen molar-refractivity contribution >= 4 is 0 Å². The third-order valence-electron chi connectivity index (χ3n) is 3.48. The van der Waals surface area contributed by atoms with Gasteiger partial charge in [0.25, 0.3) is 0 Å². The summed E-state index contributed by atoms with van der Waals surface area (Å²) in [7, 11) is 0. The van der Waals surface area contributed by atoms with Crippen molar-refractivity contribution in [3.63, 3.8) is 0 Å². The third-order valence-corrected chi connectivity index (χ3v) is 3.48. The number of nitrogens with zero attached hydrogens (tertiary/aromatic N) is 2. The molecule has 5 nitrogen and oxygen atoms in total. The second-order valence-corrected chi connectivity index (χ2v) is 5.37. The molecule has 0 unspecified atom stereocenters. The van der Waals surface area contributed by atoms with Gasteiger partial charge in [0.2, 0.25) is 0 Å². The highest BCUT2D eigenvalue weighted by molar-refractivity contribution is 4.86. The summed E-state index contributed by atoms with van der Waals surface area (Å²) < 4.78 is 16.4. The second kappa shape index (κ2) is 13.0. The molecule has 1 saturated carbocycles. The lowest BCUT2D eigenvalue weighted by Crippen LogP contribution is -2.31. The molecule has 0 aromatic carbocycles. The standard InChI is InChI=1S/C16H30N2O3/c1-2-3-10-19-12-14-21-15-13-20-11-9-18(8-4-7-17)16-5-6-16/h16H,2-6,8-15H2,1H3. The topological polar surface area (TPSA) is 54.7 Å². The van der Waals surface area contributed by atoms with E-state index in [9.17, 15) is 0 Å². The maximum absolute atomic E-state index is 8.64. The second-order valence-electron chi connectivity index (χ2n) is 5.37. The quantitative estimate of drug-likeness (QED) is 0.434. The molecule has 0 N–H and O–H groups in total. The minimum Gasteiger partial charge on any atom is -0.379 e. The Morgan fingerprint density at radius 3 is 2.14 bits per heavy atom. The van der Waals surface area contributed by atoms with Crippen LogP contribution >= 0.6 is 0 Å². The molecule has 0 aliphatic heterocycles. The van der Waals surface area contributed by atoms with E-state index >= 15 is 0 Å². The molecule has 0 saturated heterocycles. The Bertz CT molecular complexity index is 277. The summed E-state index contributed by atoms with van der Waals surface area (Å²) >= 11 is 0. The molecule has 0 heterocycles. The van der Waals surface area contributed by atoms with Gasteiger partial charge in [-0.3, -0.25) is 4.90 Å². The minimum atomic E-state index is 0.609. The van der Waals surface area contributed by atoms with Crippen molar-refractivity contribution in [2.24, 2.45) is 0 Å². The molecule has 5 heteroatoms. The Balaban J connectivity index is 1.82. The van der Waals surface area contributed by atoms with Crippen LogP contribution in [0.15, 0.2) is 0 Å². The van der Waals surface area contributed by atoms with Crippen molar-refractivity contribution in [2.75, 3.05) is 52.7 Å². The number of unbranched alkanes of at least 4 members (excludes halogenated alkanes) is 1. The number of nitriles is 1. The van der Waals surface area contributed by atoms with Crippen LogP contribution in [0, 0.1) is 11.3 Å². The first-order chi connectivity index (χ1) is 10.4. The summed E-state index contributed by atoms with van der Waals surface area (Å²) in [6.45, 7) is 8.07. The Kier molecular flexibility index (Phi) is 11.4. The van der Waals surface area contributed by atoms with Gasteiger partial charge in [-0.15, -0.1) is 0 Å². The predicted molar refractivity (Wildman–Crippen MR) is 82.2 cm³/mol. The van der Waals surface area contributed by atoms with E-state index in [1.807, 2.05) is 0 Å². The van der Waals surface area contributed by atoms with Gasteiger partial charge in [-0.2, -0.15) is 5.26 Å². The first-order valence-electron chi connectivity index (χ1n) is 8.22. The fourth-order valence-electron chi connectivity index (χ4n) is 2.08. The van der Waals surface area contributed by atoms with Gasteiger partial charge in [0, 0.05) is 32.2 Å². The fourth-order valence-corrected chi connectivity index (χ4v) is 2.08. The molecule has 0 bridgehead atoms. The van der Waals surface area contributed by atoms with Gasteiger partial charge in [-0.25, -0.2) is 0 Å². The predicted octanol–water partition coefficient (Wildman–Crippen LogP) is 2.21. The molecular formula is C16H30N2O3. The summed E-state index contributed by atoms with van der Waals surface area (Å²) in [4.78, 5) is 2.37. The summed E-state index contributed by atoms with van der Waals surface area (Å²) in [5.74, 6) is 0. The highest BCUT2D eigenvalue weighted by Gasteiger charge is 2.27. The van der Waals surface area contributed by atoms with Crippen molar-refractivity contribution in [3.8, 4) is 6.07 Å². The Morgan fingerprint density at radius 1 is 0.952 bits per heavy atom. The van der Waals surface area contributed by atoms with E-state index in [0.717, 1.165) is 32.7 Å². The van der Waals surface area contributed by atoms with Crippen molar-refractivity contribution in [1.82, 2.24) is 4.90 Å². The molecule has 0 atom stereocenters. The van der Waals surface area contributed by atoms with Crippen molar-refractivity contribution < 1.29 is 14.2 Å². The van der Waals surface area contributed by atoms with E-state index in [-0.39, 0.29) is 0 Å². The SMILES string of the molecule is CCCCOCCOCCOCCN(CCC#N)C1CC1. The van der Waals surface area contributed by atoms with Gasteiger partial charge in [0.1, 0.15) is 0 Å². The van der Waals surface area contributed by atoms with Crippen molar-refractivity contribution in [2.45, 2.75) is 45.1 Å². The minimum absolute atomic E-state index is 0.609. The van der Waals surface area contributed by atoms with Gasteiger partial charge in [-0.1, -0.05) is 13.3 Å². The van der Waals surface area contributed by atoms with Crippen LogP contribution in [0.1, 0.15) is 39.0 Å². The van der Waals surface area contributed by atoms with E-state index in [4.69, 9.17) is 19.5 Å². The number of hydrogen-bond donors (Lipinski definition) is 0. The molecule has 21 heavy (non-hydrogen) atoms. The summed E-state index contributed by atoms with van der Waals surface area (Å²) in [6.07, 6.45) is 5.43. The lowest BCUT2D eigenvalue weighted by molar-refractivity contribution is 0.00986. The highest BCUT2D eigenvalue weighted by Crippen LogP contribution is 2.26. The molecule has 1 fully saturated rings.